The molecule has 0 unspecified atom stereocenters. The lowest BCUT2D eigenvalue weighted by molar-refractivity contribution is 0.395. The fourth-order valence-corrected chi connectivity index (χ4v) is 1.55. The molecule has 1 heterocycles. The van der Waals surface area contributed by atoms with Gasteiger partial charge in [0.15, 0.2) is 0 Å². The zero-order valence-corrected chi connectivity index (χ0v) is 10.4. The molecule has 0 bridgehead atoms. The highest BCUT2D eigenvalue weighted by Gasteiger charge is 2.04. The highest BCUT2D eigenvalue weighted by atomic mass is 16.5. The molecule has 0 aliphatic carbocycles. The lowest BCUT2D eigenvalue weighted by Crippen LogP contribution is -2.03. The Morgan fingerprint density at radius 2 is 2.06 bits per heavy atom. The van der Waals surface area contributed by atoms with Crippen LogP contribution in [0, 0.1) is 0 Å². The minimum absolute atomic E-state index is 0.616. The van der Waals surface area contributed by atoms with Crippen molar-refractivity contribution in [1.82, 2.24) is 9.97 Å². The summed E-state index contributed by atoms with van der Waals surface area (Å²) >= 11 is 0. The molecular formula is C13H15N3O2. The lowest BCUT2D eigenvalue weighted by Gasteiger charge is -2.12. The molecule has 0 aliphatic rings. The average molecular weight is 245 g/mol. The van der Waals surface area contributed by atoms with Crippen LogP contribution in [-0.4, -0.2) is 24.2 Å². The predicted octanol–water partition coefficient (Wildman–Crippen LogP) is 2.11. The third-order valence-electron chi connectivity index (χ3n) is 2.51. The van der Waals surface area contributed by atoms with Crippen LogP contribution >= 0.6 is 0 Å². The molecule has 1 aromatic heterocycles. The fraction of sp³-hybridized carbons (Fsp3) is 0.231. The summed E-state index contributed by atoms with van der Waals surface area (Å²) in [5.41, 5.74) is 1.82. The number of nitrogens with one attached hydrogen (secondary N) is 1. The minimum atomic E-state index is 0.616. The van der Waals surface area contributed by atoms with Gasteiger partial charge in [0, 0.05) is 12.3 Å². The molecule has 0 saturated carbocycles. The summed E-state index contributed by atoms with van der Waals surface area (Å²) in [7, 11) is 3.26. The molecule has 0 fully saturated rings. The molecule has 0 radical (unpaired) electrons. The van der Waals surface area contributed by atoms with E-state index in [4.69, 9.17) is 9.47 Å². The Bertz CT molecular complexity index is 503. The van der Waals surface area contributed by atoms with Crippen molar-refractivity contribution in [3.63, 3.8) is 0 Å². The molecule has 2 aromatic rings. The van der Waals surface area contributed by atoms with Gasteiger partial charge in [-0.25, -0.2) is 9.97 Å². The zero-order chi connectivity index (χ0) is 12.8. The normalized spacial score (nSPS) is 9.89. The van der Waals surface area contributed by atoms with Crippen LogP contribution in [0.5, 0.6) is 11.5 Å². The van der Waals surface area contributed by atoms with E-state index < -0.39 is 0 Å². The van der Waals surface area contributed by atoms with E-state index in [9.17, 15) is 0 Å². The van der Waals surface area contributed by atoms with E-state index in [1.807, 2.05) is 24.3 Å². The number of hydrogen-bond acceptors (Lipinski definition) is 5. The molecule has 0 aliphatic heterocycles. The first-order chi connectivity index (χ1) is 8.83. The van der Waals surface area contributed by atoms with Gasteiger partial charge >= 0.3 is 0 Å². The number of aromatic nitrogens is 2. The largest absolute Gasteiger partial charge is 0.497 e. The van der Waals surface area contributed by atoms with Gasteiger partial charge in [-0.05, 0) is 18.2 Å². The van der Waals surface area contributed by atoms with E-state index in [0.717, 1.165) is 22.9 Å². The predicted molar refractivity (Wildman–Crippen MR) is 68.9 cm³/mol. The number of ether oxygens (including phenoxy) is 2. The second-order valence-electron chi connectivity index (χ2n) is 3.62. The summed E-state index contributed by atoms with van der Waals surface area (Å²) in [6.07, 6.45) is 3.25. The molecule has 1 N–H and O–H groups in total. The number of rotatable bonds is 5. The van der Waals surface area contributed by atoms with Crippen LogP contribution in [0.4, 0.5) is 5.69 Å². The Morgan fingerprint density at radius 3 is 2.72 bits per heavy atom. The van der Waals surface area contributed by atoms with Crippen LogP contribution in [0.15, 0.2) is 36.8 Å². The Morgan fingerprint density at radius 1 is 1.17 bits per heavy atom. The fourth-order valence-electron chi connectivity index (χ4n) is 1.55. The van der Waals surface area contributed by atoms with Gasteiger partial charge < -0.3 is 14.8 Å². The Hall–Kier alpha value is -2.30. The van der Waals surface area contributed by atoms with Gasteiger partial charge in [-0.2, -0.15) is 0 Å². The molecule has 0 atom stereocenters. The molecule has 18 heavy (non-hydrogen) atoms. The van der Waals surface area contributed by atoms with Gasteiger partial charge in [0.25, 0.3) is 0 Å². The van der Waals surface area contributed by atoms with Crippen molar-refractivity contribution < 1.29 is 9.47 Å². The maximum atomic E-state index is 5.30. The summed E-state index contributed by atoms with van der Waals surface area (Å²) in [4.78, 5) is 8.02. The Balaban J connectivity index is 2.09. The van der Waals surface area contributed by atoms with Crippen LogP contribution in [0.25, 0.3) is 0 Å². The zero-order valence-electron chi connectivity index (χ0n) is 10.4. The first kappa shape index (κ1) is 12.2. The van der Waals surface area contributed by atoms with Gasteiger partial charge in [-0.1, -0.05) is 0 Å². The molecule has 94 valence electrons. The van der Waals surface area contributed by atoms with Crippen LogP contribution in [0.1, 0.15) is 5.69 Å². The summed E-state index contributed by atoms with van der Waals surface area (Å²) in [5.74, 6) is 1.50. The lowest BCUT2D eigenvalue weighted by atomic mass is 10.2. The SMILES string of the molecule is COc1ccc(NCc2ccncn2)c(OC)c1. The van der Waals surface area contributed by atoms with E-state index in [1.54, 1.807) is 20.4 Å². The average Bonchev–Trinajstić information content (AvgIpc) is 2.46. The van der Waals surface area contributed by atoms with Gasteiger partial charge in [0.2, 0.25) is 0 Å². The maximum Gasteiger partial charge on any atom is 0.145 e. The Kier molecular flexibility index (Phi) is 3.96. The van der Waals surface area contributed by atoms with E-state index >= 15 is 0 Å². The van der Waals surface area contributed by atoms with Crippen LogP contribution in [-0.2, 0) is 6.54 Å². The first-order valence-electron chi connectivity index (χ1n) is 5.54. The maximum absolute atomic E-state index is 5.30. The van der Waals surface area contributed by atoms with Gasteiger partial charge in [0.05, 0.1) is 32.1 Å². The molecule has 2 rings (SSSR count). The monoisotopic (exact) mass is 245 g/mol. The topological polar surface area (TPSA) is 56.3 Å². The summed E-state index contributed by atoms with van der Waals surface area (Å²) in [6.45, 7) is 0.616. The molecule has 5 heteroatoms. The molecular weight excluding hydrogens is 230 g/mol. The van der Waals surface area contributed by atoms with Crippen molar-refractivity contribution in [3.05, 3.63) is 42.5 Å². The smallest absolute Gasteiger partial charge is 0.145 e. The van der Waals surface area contributed by atoms with Crippen molar-refractivity contribution >= 4 is 5.69 Å². The third kappa shape index (κ3) is 2.88. The van der Waals surface area contributed by atoms with Crippen molar-refractivity contribution in [3.8, 4) is 11.5 Å². The summed E-state index contributed by atoms with van der Waals surface area (Å²) < 4.78 is 10.4. The highest BCUT2D eigenvalue weighted by Crippen LogP contribution is 2.29. The molecule has 5 nitrogen and oxygen atoms in total. The molecule has 0 amide bonds. The number of benzene rings is 1. The minimum Gasteiger partial charge on any atom is -0.497 e. The van der Waals surface area contributed by atoms with Gasteiger partial charge in [0.1, 0.15) is 17.8 Å². The van der Waals surface area contributed by atoms with E-state index in [2.05, 4.69) is 15.3 Å². The summed E-state index contributed by atoms with van der Waals surface area (Å²) in [5, 5.41) is 3.26. The highest BCUT2D eigenvalue weighted by molar-refractivity contribution is 5.59. The van der Waals surface area contributed by atoms with Crippen LogP contribution < -0.4 is 14.8 Å². The number of nitrogens with zero attached hydrogens (tertiary/aromatic N) is 2. The van der Waals surface area contributed by atoms with Crippen molar-refractivity contribution in [1.29, 1.82) is 0 Å². The van der Waals surface area contributed by atoms with Crippen molar-refractivity contribution in [2.45, 2.75) is 6.54 Å². The molecule has 1 aromatic carbocycles. The third-order valence-corrected chi connectivity index (χ3v) is 2.51. The van der Waals surface area contributed by atoms with E-state index in [-0.39, 0.29) is 0 Å². The molecule has 0 saturated heterocycles. The van der Waals surface area contributed by atoms with Crippen molar-refractivity contribution in [2.24, 2.45) is 0 Å². The van der Waals surface area contributed by atoms with Crippen LogP contribution in [0.3, 0.4) is 0 Å². The standard InChI is InChI=1S/C13H15N3O2/c1-17-11-3-4-12(13(7-11)18-2)15-8-10-5-6-14-9-16-10/h3-7,9,15H,8H2,1-2H3. The van der Waals surface area contributed by atoms with Gasteiger partial charge in [-0.3, -0.25) is 0 Å². The number of anilines is 1. The second kappa shape index (κ2) is 5.86. The number of hydrogen-bond donors (Lipinski definition) is 1. The number of methoxy groups -OCH3 is 2. The first-order valence-corrected chi connectivity index (χ1v) is 5.54. The molecule has 0 spiro atoms. The van der Waals surface area contributed by atoms with Gasteiger partial charge in [-0.15, -0.1) is 0 Å². The van der Waals surface area contributed by atoms with E-state index in [0.29, 0.717) is 6.54 Å². The van der Waals surface area contributed by atoms with Crippen molar-refractivity contribution in [2.75, 3.05) is 19.5 Å². The summed E-state index contributed by atoms with van der Waals surface area (Å²) in [6, 6.07) is 7.50. The second-order valence-corrected chi connectivity index (χ2v) is 3.62. The quantitative estimate of drug-likeness (QED) is 0.874. The Labute approximate surface area is 106 Å². The van der Waals surface area contributed by atoms with E-state index in [1.165, 1.54) is 6.33 Å². The van der Waals surface area contributed by atoms with Crippen LogP contribution in [0.2, 0.25) is 0 Å².